The molecule has 0 unspecified atom stereocenters. The van der Waals surface area contributed by atoms with E-state index in [4.69, 9.17) is 0 Å². The smallest absolute Gasteiger partial charge is 0.102 e. The lowest BCUT2D eigenvalue weighted by molar-refractivity contribution is 0.169. The molecule has 0 amide bonds. The molecular formula is C11H18FN3. The normalized spacial score (nSPS) is 19.6. The highest BCUT2D eigenvalue weighted by Gasteiger charge is 2.20. The van der Waals surface area contributed by atoms with Gasteiger partial charge in [-0.2, -0.15) is 5.10 Å². The zero-order valence-corrected chi connectivity index (χ0v) is 9.19. The van der Waals surface area contributed by atoms with Crippen molar-refractivity contribution in [3.05, 3.63) is 18.0 Å². The van der Waals surface area contributed by atoms with Crippen molar-refractivity contribution < 1.29 is 4.39 Å². The number of hydrogen-bond acceptors (Lipinski definition) is 2. The lowest BCUT2D eigenvalue weighted by atomic mass is 10.1. The number of hydrogen-bond donors (Lipinski definition) is 0. The third-order valence-electron chi connectivity index (χ3n) is 3.07. The van der Waals surface area contributed by atoms with Gasteiger partial charge in [-0.1, -0.05) is 0 Å². The highest BCUT2D eigenvalue weighted by Crippen LogP contribution is 2.21. The molecule has 1 fully saturated rings. The Kier molecular flexibility index (Phi) is 3.36. The Balaban J connectivity index is 1.88. The molecular weight excluding hydrogens is 193 g/mol. The summed E-state index contributed by atoms with van der Waals surface area (Å²) >= 11 is 0. The number of nitrogens with zero attached hydrogens (tertiary/aromatic N) is 3. The first-order valence-electron chi connectivity index (χ1n) is 5.59. The fourth-order valence-electron chi connectivity index (χ4n) is 2.16. The molecule has 1 aromatic heterocycles. The van der Waals surface area contributed by atoms with Crippen LogP contribution in [0.1, 0.15) is 24.6 Å². The van der Waals surface area contributed by atoms with Gasteiger partial charge in [-0.25, -0.2) is 4.39 Å². The van der Waals surface area contributed by atoms with E-state index in [1.54, 1.807) is 0 Å². The lowest BCUT2D eigenvalue weighted by Crippen LogP contribution is -2.36. The van der Waals surface area contributed by atoms with Crippen LogP contribution in [0.3, 0.4) is 0 Å². The molecule has 3 nitrogen and oxygen atoms in total. The average molecular weight is 211 g/mol. The van der Waals surface area contributed by atoms with E-state index in [9.17, 15) is 4.39 Å². The van der Waals surface area contributed by atoms with Gasteiger partial charge >= 0.3 is 0 Å². The molecule has 4 heteroatoms. The van der Waals surface area contributed by atoms with Crippen LogP contribution in [0.4, 0.5) is 4.39 Å². The van der Waals surface area contributed by atoms with Gasteiger partial charge in [-0.05, 0) is 25.8 Å². The van der Waals surface area contributed by atoms with E-state index in [2.05, 4.69) is 14.7 Å². The molecule has 0 spiro atoms. The van der Waals surface area contributed by atoms with Crippen molar-refractivity contribution in [3.8, 4) is 0 Å². The van der Waals surface area contributed by atoms with Crippen LogP contribution < -0.4 is 0 Å². The minimum absolute atomic E-state index is 0.231. The Labute approximate surface area is 89.9 Å². The van der Waals surface area contributed by atoms with Crippen molar-refractivity contribution >= 4 is 0 Å². The molecule has 1 saturated heterocycles. The molecule has 0 atom stereocenters. The minimum Gasteiger partial charge on any atom is -0.301 e. The van der Waals surface area contributed by atoms with Crippen molar-refractivity contribution in [2.45, 2.75) is 25.8 Å². The molecule has 1 aliphatic heterocycles. The van der Waals surface area contributed by atoms with Gasteiger partial charge in [-0.15, -0.1) is 0 Å². The summed E-state index contributed by atoms with van der Waals surface area (Å²) in [6, 6.07) is 2.54. The molecule has 0 aliphatic carbocycles. The first-order valence-corrected chi connectivity index (χ1v) is 5.59. The number of likely N-dealkylation sites (tertiary alicyclic amines) is 1. The Morgan fingerprint density at radius 3 is 2.73 bits per heavy atom. The maximum Gasteiger partial charge on any atom is 0.102 e. The Morgan fingerprint density at radius 2 is 2.20 bits per heavy atom. The van der Waals surface area contributed by atoms with Gasteiger partial charge in [0.05, 0.1) is 11.7 Å². The van der Waals surface area contributed by atoms with E-state index in [1.165, 1.54) is 0 Å². The molecule has 0 bridgehead atoms. The number of piperidine rings is 1. The fraction of sp³-hybridized carbons (Fsp3) is 0.727. The number of alkyl halides is 1. The summed E-state index contributed by atoms with van der Waals surface area (Å²) in [4.78, 5) is 2.19. The zero-order valence-electron chi connectivity index (χ0n) is 9.19. The molecule has 0 saturated carbocycles. The summed E-state index contributed by atoms with van der Waals surface area (Å²) in [7, 11) is 0. The van der Waals surface area contributed by atoms with Gasteiger partial charge in [0.2, 0.25) is 0 Å². The highest BCUT2D eigenvalue weighted by atomic mass is 19.1. The first-order chi connectivity index (χ1) is 7.29. The second kappa shape index (κ2) is 4.75. The molecule has 84 valence electrons. The number of halogens is 1. The molecule has 0 radical (unpaired) electrons. The van der Waals surface area contributed by atoms with Crippen LogP contribution in [-0.4, -0.2) is 41.0 Å². The van der Waals surface area contributed by atoms with Gasteiger partial charge in [0.15, 0.2) is 0 Å². The molecule has 0 aromatic carbocycles. The molecule has 15 heavy (non-hydrogen) atoms. The van der Waals surface area contributed by atoms with Crippen LogP contribution in [0.25, 0.3) is 0 Å². The molecule has 2 heterocycles. The van der Waals surface area contributed by atoms with Crippen LogP contribution in [0.15, 0.2) is 12.3 Å². The average Bonchev–Trinajstić information content (AvgIpc) is 2.67. The largest absolute Gasteiger partial charge is 0.301 e. The van der Waals surface area contributed by atoms with Crippen molar-refractivity contribution in [1.82, 2.24) is 14.7 Å². The second-order valence-electron chi connectivity index (χ2n) is 4.20. The topological polar surface area (TPSA) is 21.1 Å². The number of aromatic nitrogens is 2. The van der Waals surface area contributed by atoms with Crippen molar-refractivity contribution in [1.29, 1.82) is 0 Å². The van der Waals surface area contributed by atoms with Gasteiger partial charge in [0, 0.05) is 25.8 Å². The standard InChI is InChI=1S/C11H18FN3/c1-10-2-8-15(13-10)11-3-6-14(7-4-11)9-5-12/h2,8,11H,3-7,9H2,1H3. The van der Waals surface area contributed by atoms with E-state index in [-0.39, 0.29) is 6.67 Å². The summed E-state index contributed by atoms with van der Waals surface area (Å²) in [6.07, 6.45) is 4.22. The van der Waals surface area contributed by atoms with E-state index < -0.39 is 0 Å². The molecule has 2 rings (SSSR count). The van der Waals surface area contributed by atoms with Gasteiger partial charge < -0.3 is 4.90 Å². The first kappa shape index (κ1) is 10.6. The van der Waals surface area contributed by atoms with Crippen LogP contribution in [0, 0.1) is 6.92 Å². The Bertz CT molecular complexity index is 303. The second-order valence-corrected chi connectivity index (χ2v) is 4.20. The SMILES string of the molecule is Cc1ccn(C2CCN(CCF)CC2)n1. The Hall–Kier alpha value is -0.900. The van der Waals surface area contributed by atoms with Gasteiger partial charge in [0.1, 0.15) is 6.67 Å². The predicted octanol–water partition coefficient (Wildman–Crippen LogP) is 1.80. The maximum absolute atomic E-state index is 12.1. The predicted molar refractivity (Wildman–Crippen MR) is 57.7 cm³/mol. The van der Waals surface area contributed by atoms with Crippen LogP contribution in [0.2, 0.25) is 0 Å². The minimum atomic E-state index is -0.231. The van der Waals surface area contributed by atoms with Gasteiger partial charge in [0.25, 0.3) is 0 Å². The fourth-order valence-corrected chi connectivity index (χ4v) is 2.16. The summed E-state index contributed by atoms with van der Waals surface area (Å²) < 4.78 is 14.2. The maximum atomic E-state index is 12.1. The third-order valence-corrected chi connectivity index (χ3v) is 3.07. The van der Waals surface area contributed by atoms with E-state index >= 15 is 0 Å². The van der Waals surface area contributed by atoms with Crippen molar-refractivity contribution in [2.24, 2.45) is 0 Å². The van der Waals surface area contributed by atoms with Gasteiger partial charge in [-0.3, -0.25) is 4.68 Å². The molecule has 1 aromatic rings. The molecule has 0 N–H and O–H groups in total. The molecule has 1 aliphatic rings. The van der Waals surface area contributed by atoms with Crippen LogP contribution in [0.5, 0.6) is 0 Å². The third kappa shape index (κ3) is 2.56. The van der Waals surface area contributed by atoms with E-state index in [0.29, 0.717) is 12.6 Å². The lowest BCUT2D eigenvalue weighted by Gasteiger charge is -2.31. The quantitative estimate of drug-likeness (QED) is 0.760. The monoisotopic (exact) mass is 211 g/mol. The Morgan fingerprint density at radius 1 is 1.47 bits per heavy atom. The zero-order chi connectivity index (χ0) is 10.7. The van der Waals surface area contributed by atoms with E-state index in [1.807, 2.05) is 19.2 Å². The summed E-state index contributed by atoms with van der Waals surface area (Å²) in [5.41, 5.74) is 1.07. The number of aryl methyl sites for hydroxylation is 1. The highest BCUT2D eigenvalue weighted by molar-refractivity contribution is 4.96. The van der Waals surface area contributed by atoms with Crippen molar-refractivity contribution in [3.63, 3.8) is 0 Å². The summed E-state index contributed by atoms with van der Waals surface area (Å²) in [6.45, 7) is 4.35. The van der Waals surface area contributed by atoms with E-state index in [0.717, 1.165) is 31.6 Å². The summed E-state index contributed by atoms with van der Waals surface area (Å²) in [5.74, 6) is 0. The number of rotatable bonds is 3. The summed E-state index contributed by atoms with van der Waals surface area (Å²) in [5, 5.41) is 4.43. The van der Waals surface area contributed by atoms with Crippen LogP contribution >= 0.6 is 0 Å². The van der Waals surface area contributed by atoms with Crippen molar-refractivity contribution in [2.75, 3.05) is 26.3 Å². The van der Waals surface area contributed by atoms with Crippen LogP contribution in [-0.2, 0) is 0 Å².